The van der Waals surface area contributed by atoms with Gasteiger partial charge in [-0.15, -0.1) is 0 Å². The first-order valence-corrected chi connectivity index (χ1v) is 8.24. The van der Waals surface area contributed by atoms with Crippen LogP contribution in [0.15, 0.2) is 39.4 Å². The van der Waals surface area contributed by atoms with E-state index in [1.165, 1.54) is 0 Å². The Bertz CT molecular complexity index is 877. The Balaban J connectivity index is 1.53. The van der Waals surface area contributed by atoms with Crippen molar-refractivity contribution in [2.24, 2.45) is 0 Å². The van der Waals surface area contributed by atoms with Crippen LogP contribution in [0.2, 0.25) is 0 Å². The molecule has 2 aromatic heterocycles. The lowest BCUT2D eigenvalue weighted by Gasteiger charge is -2.02. The lowest BCUT2D eigenvalue weighted by atomic mass is 10.1. The highest BCUT2D eigenvalue weighted by Crippen LogP contribution is 2.24. The maximum Gasteiger partial charge on any atom is 0.306 e. The maximum atomic E-state index is 11.9. The first-order chi connectivity index (χ1) is 12.6. The normalized spacial score (nSPS) is 10.7. The molecule has 0 aliphatic heterocycles. The molecule has 26 heavy (non-hydrogen) atoms. The molecule has 0 aliphatic carbocycles. The Labute approximate surface area is 150 Å². The lowest BCUT2D eigenvalue weighted by Crippen LogP contribution is -2.06. The molecule has 0 fully saturated rings. The highest BCUT2D eigenvalue weighted by molar-refractivity contribution is 5.69. The smallest absolute Gasteiger partial charge is 0.306 e. The molecular formula is C19H20N2O5. The van der Waals surface area contributed by atoms with E-state index in [1.807, 2.05) is 38.1 Å². The van der Waals surface area contributed by atoms with E-state index in [0.717, 1.165) is 28.3 Å². The van der Waals surface area contributed by atoms with Crippen molar-refractivity contribution in [3.8, 4) is 17.1 Å². The minimum absolute atomic E-state index is 0.0634. The minimum Gasteiger partial charge on any atom is -0.497 e. The van der Waals surface area contributed by atoms with Gasteiger partial charge in [-0.25, -0.2) is 0 Å². The van der Waals surface area contributed by atoms with Crippen molar-refractivity contribution in [2.75, 3.05) is 7.11 Å². The quantitative estimate of drug-likeness (QED) is 0.597. The standard InChI is InChI=1S/C19H20N2O5/c1-12-17(13(2)25-20-12)7-8-19(22)24-11-15-10-18(26-21-15)14-5-4-6-16(9-14)23-3/h4-6,9-10H,7-8,11H2,1-3H3. The molecule has 0 bridgehead atoms. The monoisotopic (exact) mass is 356 g/mol. The molecule has 3 rings (SSSR count). The number of esters is 1. The Hall–Kier alpha value is -3.09. The van der Waals surface area contributed by atoms with Gasteiger partial charge >= 0.3 is 5.97 Å². The third kappa shape index (κ3) is 4.11. The van der Waals surface area contributed by atoms with Gasteiger partial charge < -0.3 is 18.5 Å². The average molecular weight is 356 g/mol. The first kappa shape index (κ1) is 17.7. The molecule has 7 nitrogen and oxygen atoms in total. The summed E-state index contributed by atoms with van der Waals surface area (Å²) in [6, 6.07) is 9.20. The van der Waals surface area contributed by atoms with Crippen LogP contribution in [0.3, 0.4) is 0 Å². The molecule has 7 heteroatoms. The molecule has 3 aromatic rings. The summed E-state index contributed by atoms with van der Waals surface area (Å²) in [4.78, 5) is 11.9. The number of carbonyl (C=O) groups excluding carboxylic acids is 1. The topological polar surface area (TPSA) is 87.6 Å². The van der Waals surface area contributed by atoms with E-state index in [4.69, 9.17) is 18.5 Å². The van der Waals surface area contributed by atoms with Gasteiger partial charge in [0, 0.05) is 23.6 Å². The van der Waals surface area contributed by atoms with Crippen LogP contribution in [-0.4, -0.2) is 23.4 Å². The van der Waals surface area contributed by atoms with Gasteiger partial charge in [-0.3, -0.25) is 4.79 Å². The number of methoxy groups -OCH3 is 1. The van der Waals surface area contributed by atoms with E-state index in [1.54, 1.807) is 13.2 Å². The number of hydrogen-bond acceptors (Lipinski definition) is 7. The van der Waals surface area contributed by atoms with Crippen molar-refractivity contribution >= 4 is 5.97 Å². The number of aryl methyl sites for hydroxylation is 2. The van der Waals surface area contributed by atoms with Crippen molar-refractivity contribution in [3.63, 3.8) is 0 Å². The number of nitrogens with zero attached hydrogens (tertiary/aromatic N) is 2. The SMILES string of the molecule is COc1cccc(-c2cc(COC(=O)CCc3c(C)noc3C)no2)c1. The summed E-state index contributed by atoms with van der Waals surface area (Å²) in [7, 11) is 1.60. The molecule has 0 spiro atoms. The van der Waals surface area contributed by atoms with E-state index >= 15 is 0 Å². The van der Waals surface area contributed by atoms with Crippen LogP contribution >= 0.6 is 0 Å². The Morgan fingerprint density at radius 2 is 2.00 bits per heavy atom. The predicted molar refractivity (Wildman–Crippen MR) is 92.6 cm³/mol. The molecular weight excluding hydrogens is 336 g/mol. The van der Waals surface area contributed by atoms with E-state index in [0.29, 0.717) is 17.9 Å². The Morgan fingerprint density at radius 3 is 2.73 bits per heavy atom. The van der Waals surface area contributed by atoms with Crippen molar-refractivity contribution in [2.45, 2.75) is 33.3 Å². The number of hydrogen-bond donors (Lipinski definition) is 0. The number of ether oxygens (including phenoxy) is 2. The summed E-state index contributed by atoms with van der Waals surface area (Å²) in [5.41, 5.74) is 3.14. The highest BCUT2D eigenvalue weighted by atomic mass is 16.5. The van der Waals surface area contributed by atoms with Crippen LogP contribution < -0.4 is 4.74 Å². The van der Waals surface area contributed by atoms with Crippen molar-refractivity contribution in [3.05, 3.63) is 53.0 Å². The van der Waals surface area contributed by atoms with Crippen LogP contribution in [0.1, 0.15) is 29.1 Å². The molecule has 0 saturated carbocycles. The Kier molecular flexibility index (Phi) is 5.36. The van der Waals surface area contributed by atoms with Crippen LogP contribution in [0.5, 0.6) is 5.75 Å². The number of aromatic nitrogens is 2. The molecule has 0 radical (unpaired) electrons. The highest BCUT2D eigenvalue weighted by Gasteiger charge is 2.13. The van der Waals surface area contributed by atoms with Crippen LogP contribution in [-0.2, 0) is 22.6 Å². The van der Waals surface area contributed by atoms with Gasteiger partial charge in [-0.1, -0.05) is 22.4 Å². The fourth-order valence-electron chi connectivity index (χ4n) is 2.60. The van der Waals surface area contributed by atoms with Gasteiger partial charge in [0.05, 0.1) is 12.8 Å². The largest absolute Gasteiger partial charge is 0.497 e. The molecule has 0 N–H and O–H groups in total. The molecule has 2 heterocycles. The van der Waals surface area contributed by atoms with Gasteiger partial charge in [0.1, 0.15) is 23.8 Å². The second kappa shape index (κ2) is 7.86. The van der Waals surface area contributed by atoms with Crippen molar-refractivity contribution in [1.29, 1.82) is 0 Å². The molecule has 136 valence electrons. The van der Waals surface area contributed by atoms with E-state index in [9.17, 15) is 4.79 Å². The van der Waals surface area contributed by atoms with E-state index in [2.05, 4.69) is 10.3 Å². The zero-order valence-corrected chi connectivity index (χ0v) is 14.9. The first-order valence-electron chi connectivity index (χ1n) is 8.24. The van der Waals surface area contributed by atoms with Crippen molar-refractivity contribution < 1.29 is 23.3 Å². The second-order valence-electron chi connectivity index (χ2n) is 5.88. The lowest BCUT2D eigenvalue weighted by molar-refractivity contribution is -0.145. The summed E-state index contributed by atoms with van der Waals surface area (Å²) in [6.45, 7) is 3.75. The molecule has 0 unspecified atom stereocenters. The Morgan fingerprint density at radius 1 is 1.15 bits per heavy atom. The van der Waals surface area contributed by atoms with Gasteiger partial charge in [-0.05, 0) is 32.4 Å². The van der Waals surface area contributed by atoms with Crippen LogP contribution in [0.25, 0.3) is 11.3 Å². The summed E-state index contributed by atoms with van der Waals surface area (Å²) < 4.78 is 20.9. The molecule has 1 aromatic carbocycles. The van der Waals surface area contributed by atoms with E-state index < -0.39 is 0 Å². The third-order valence-corrected chi connectivity index (χ3v) is 4.05. The van der Waals surface area contributed by atoms with Crippen LogP contribution in [0, 0.1) is 13.8 Å². The second-order valence-corrected chi connectivity index (χ2v) is 5.88. The maximum absolute atomic E-state index is 11.9. The number of benzene rings is 1. The predicted octanol–water partition coefficient (Wildman–Crippen LogP) is 3.63. The van der Waals surface area contributed by atoms with E-state index in [-0.39, 0.29) is 19.0 Å². The van der Waals surface area contributed by atoms with Gasteiger partial charge in [0.25, 0.3) is 0 Å². The fourth-order valence-corrected chi connectivity index (χ4v) is 2.60. The third-order valence-electron chi connectivity index (χ3n) is 4.05. The summed E-state index contributed by atoms with van der Waals surface area (Å²) >= 11 is 0. The minimum atomic E-state index is -0.309. The molecule has 0 saturated heterocycles. The van der Waals surface area contributed by atoms with Crippen LogP contribution in [0.4, 0.5) is 0 Å². The molecule has 0 atom stereocenters. The molecule has 0 aliphatic rings. The fraction of sp³-hybridized carbons (Fsp3) is 0.316. The van der Waals surface area contributed by atoms with Gasteiger partial charge in [0.2, 0.25) is 0 Å². The molecule has 0 amide bonds. The van der Waals surface area contributed by atoms with Gasteiger partial charge in [-0.2, -0.15) is 0 Å². The summed E-state index contributed by atoms with van der Waals surface area (Å²) in [5, 5.41) is 7.81. The zero-order chi connectivity index (χ0) is 18.5. The summed E-state index contributed by atoms with van der Waals surface area (Å²) in [6.07, 6.45) is 0.789. The zero-order valence-electron chi connectivity index (χ0n) is 14.9. The average Bonchev–Trinajstić information content (AvgIpc) is 3.25. The van der Waals surface area contributed by atoms with Crippen molar-refractivity contribution in [1.82, 2.24) is 10.3 Å². The van der Waals surface area contributed by atoms with Gasteiger partial charge in [0.15, 0.2) is 5.76 Å². The summed E-state index contributed by atoms with van der Waals surface area (Å²) in [5.74, 6) is 1.74. The number of carbonyl (C=O) groups is 1. The number of rotatable bonds is 7.